The Bertz CT molecular complexity index is 1030. The molecule has 186 valence electrons. The summed E-state index contributed by atoms with van der Waals surface area (Å²) in [6.07, 6.45) is 2.05. The van der Waals surface area contributed by atoms with E-state index in [0.29, 0.717) is 30.5 Å². The molecule has 1 atom stereocenters. The van der Waals surface area contributed by atoms with E-state index in [1.165, 1.54) is 0 Å². The molecular weight excluding hydrogens is 434 g/mol. The van der Waals surface area contributed by atoms with Crippen LogP contribution in [0.5, 0.6) is 0 Å². The van der Waals surface area contributed by atoms with Gasteiger partial charge in [0.2, 0.25) is 5.91 Å². The van der Waals surface area contributed by atoms with E-state index in [4.69, 9.17) is 4.74 Å². The van der Waals surface area contributed by atoms with Crippen LogP contribution < -0.4 is 10.6 Å². The number of aromatic nitrogens is 4. The topological polar surface area (TPSA) is 125 Å². The van der Waals surface area contributed by atoms with E-state index >= 15 is 0 Å². The number of hydrogen-bond donors (Lipinski definition) is 3. The normalized spacial score (nSPS) is 16.8. The summed E-state index contributed by atoms with van der Waals surface area (Å²) >= 11 is 0. The zero-order valence-electron chi connectivity index (χ0n) is 21.3. The average Bonchev–Trinajstić information content (AvgIpc) is 3.09. The first-order valence-electron chi connectivity index (χ1n) is 11.7. The highest BCUT2D eigenvalue weighted by molar-refractivity contribution is 5.89. The number of carbonyl (C=O) groups excluding carboxylic acids is 2. The number of hydrogen-bond acceptors (Lipinski definition) is 7. The maximum Gasteiger partial charge on any atom is 0.408 e. The Hall–Kier alpha value is -3.17. The van der Waals surface area contributed by atoms with Crippen molar-refractivity contribution in [2.75, 3.05) is 18.4 Å². The van der Waals surface area contributed by atoms with Crippen LogP contribution in [0.4, 0.5) is 16.4 Å². The number of H-pyrrole nitrogens is 1. The molecule has 2 aromatic rings. The third-order valence-electron chi connectivity index (χ3n) is 5.51. The van der Waals surface area contributed by atoms with Crippen LogP contribution in [-0.4, -0.2) is 61.3 Å². The number of alkyl carbamates (subject to hydrolysis) is 1. The van der Waals surface area contributed by atoms with Crippen molar-refractivity contribution in [2.24, 2.45) is 5.92 Å². The van der Waals surface area contributed by atoms with E-state index in [1.54, 1.807) is 34.6 Å². The molecule has 3 rings (SSSR count). The number of amides is 2. The van der Waals surface area contributed by atoms with Gasteiger partial charge in [-0.05, 0) is 73.6 Å². The lowest BCUT2D eigenvalue weighted by atomic mass is 9.91. The highest BCUT2D eigenvalue weighted by Gasteiger charge is 2.37. The van der Waals surface area contributed by atoms with Crippen LogP contribution in [0, 0.1) is 19.8 Å². The highest BCUT2D eigenvalue weighted by Crippen LogP contribution is 2.24. The van der Waals surface area contributed by atoms with Gasteiger partial charge in [0.15, 0.2) is 5.82 Å². The number of likely N-dealkylation sites (tertiary alicyclic amines) is 1. The molecule has 3 heterocycles. The molecule has 0 aliphatic carbocycles. The minimum Gasteiger partial charge on any atom is -0.444 e. The van der Waals surface area contributed by atoms with Gasteiger partial charge in [0.25, 0.3) is 0 Å². The second-order valence-electron chi connectivity index (χ2n) is 10.6. The van der Waals surface area contributed by atoms with Gasteiger partial charge in [-0.1, -0.05) is 0 Å². The third-order valence-corrected chi connectivity index (χ3v) is 5.51. The van der Waals surface area contributed by atoms with Crippen molar-refractivity contribution < 1.29 is 14.3 Å². The van der Waals surface area contributed by atoms with E-state index in [0.717, 1.165) is 30.7 Å². The standard InChI is InChI=1S/C24H37N7O3/c1-15-11-20(30-29-15)27-19-13-18(25-16(2)26-19)12-17-9-8-10-31(14-17)21(32)24(6,7)28-22(33)34-23(3,4)5/h11,13,17H,8-10,12,14H2,1-7H3,(H,28,33)(H2,25,26,27,29,30)/t17-/m0/s1. The minimum atomic E-state index is -1.06. The summed E-state index contributed by atoms with van der Waals surface area (Å²) in [7, 11) is 0. The van der Waals surface area contributed by atoms with Crippen LogP contribution in [0.25, 0.3) is 0 Å². The molecule has 0 bridgehead atoms. The fourth-order valence-electron chi connectivity index (χ4n) is 4.13. The van der Waals surface area contributed by atoms with Crippen molar-refractivity contribution in [1.29, 1.82) is 0 Å². The van der Waals surface area contributed by atoms with E-state index in [1.807, 2.05) is 30.9 Å². The quantitative estimate of drug-likeness (QED) is 0.587. The highest BCUT2D eigenvalue weighted by atomic mass is 16.6. The first kappa shape index (κ1) is 25.5. The maximum absolute atomic E-state index is 13.2. The van der Waals surface area contributed by atoms with E-state index in [9.17, 15) is 9.59 Å². The van der Waals surface area contributed by atoms with E-state index < -0.39 is 17.2 Å². The largest absolute Gasteiger partial charge is 0.444 e. The number of anilines is 2. The van der Waals surface area contributed by atoms with Gasteiger partial charge in [0.05, 0.1) is 0 Å². The Morgan fingerprint density at radius 1 is 1.15 bits per heavy atom. The number of rotatable bonds is 6. The number of aromatic amines is 1. The monoisotopic (exact) mass is 471 g/mol. The predicted molar refractivity (Wildman–Crippen MR) is 130 cm³/mol. The summed E-state index contributed by atoms with van der Waals surface area (Å²) in [6.45, 7) is 13.9. The molecule has 10 heteroatoms. The van der Waals surface area contributed by atoms with Gasteiger partial charge in [-0.25, -0.2) is 14.8 Å². The van der Waals surface area contributed by atoms with Crippen LogP contribution in [0.2, 0.25) is 0 Å². The Kier molecular flexibility index (Phi) is 7.48. The summed E-state index contributed by atoms with van der Waals surface area (Å²) in [5.41, 5.74) is 0.199. The van der Waals surface area contributed by atoms with Crippen molar-refractivity contribution in [3.63, 3.8) is 0 Å². The lowest BCUT2D eigenvalue weighted by Crippen LogP contribution is -2.58. The van der Waals surface area contributed by atoms with Crippen LogP contribution in [0.1, 0.15) is 64.7 Å². The van der Waals surface area contributed by atoms with Crippen molar-refractivity contribution in [3.8, 4) is 0 Å². The smallest absolute Gasteiger partial charge is 0.408 e. The summed E-state index contributed by atoms with van der Waals surface area (Å²) in [5, 5.41) is 13.0. The number of carbonyl (C=O) groups is 2. The maximum atomic E-state index is 13.2. The second kappa shape index (κ2) is 9.99. The number of ether oxygens (including phenoxy) is 1. The van der Waals surface area contributed by atoms with Crippen LogP contribution in [-0.2, 0) is 16.0 Å². The Balaban J connectivity index is 1.63. The third kappa shape index (κ3) is 7.16. The van der Waals surface area contributed by atoms with Gasteiger partial charge in [0, 0.05) is 36.6 Å². The van der Waals surface area contributed by atoms with E-state index in [-0.39, 0.29) is 11.8 Å². The molecule has 1 saturated heterocycles. The number of nitrogens with one attached hydrogen (secondary N) is 3. The van der Waals surface area contributed by atoms with E-state index in [2.05, 4.69) is 30.8 Å². The zero-order chi connectivity index (χ0) is 25.1. The van der Waals surface area contributed by atoms with Crippen molar-refractivity contribution in [2.45, 2.75) is 78.9 Å². The van der Waals surface area contributed by atoms with Crippen LogP contribution >= 0.6 is 0 Å². The molecule has 1 fully saturated rings. The summed E-state index contributed by atoms with van der Waals surface area (Å²) in [5.74, 6) is 2.23. The number of piperidine rings is 1. The summed E-state index contributed by atoms with van der Waals surface area (Å²) < 4.78 is 5.33. The molecule has 2 amide bonds. The van der Waals surface area contributed by atoms with Crippen molar-refractivity contribution >= 4 is 23.6 Å². The fourth-order valence-corrected chi connectivity index (χ4v) is 4.13. The van der Waals surface area contributed by atoms with Crippen molar-refractivity contribution in [3.05, 3.63) is 29.3 Å². The molecule has 0 radical (unpaired) electrons. The van der Waals surface area contributed by atoms with Gasteiger partial charge in [-0.15, -0.1) is 0 Å². The fraction of sp³-hybridized carbons (Fsp3) is 0.625. The first-order chi connectivity index (χ1) is 15.8. The molecule has 3 N–H and O–H groups in total. The lowest BCUT2D eigenvalue weighted by Gasteiger charge is -2.38. The van der Waals surface area contributed by atoms with Gasteiger partial charge in [-0.3, -0.25) is 9.89 Å². The van der Waals surface area contributed by atoms with Gasteiger partial charge in [0.1, 0.15) is 22.8 Å². The zero-order valence-corrected chi connectivity index (χ0v) is 21.3. The number of nitrogens with zero attached hydrogens (tertiary/aromatic N) is 4. The molecule has 2 aromatic heterocycles. The minimum absolute atomic E-state index is 0.113. The average molecular weight is 472 g/mol. The molecule has 1 aliphatic heterocycles. The first-order valence-corrected chi connectivity index (χ1v) is 11.7. The number of aryl methyl sites for hydroxylation is 2. The van der Waals surface area contributed by atoms with Gasteiger partial charge >= 0.3 is 6.09 Å². The predicted octanol–water partition coefficient (Wildman–Crippen LogP) is 3.64. The molecule has 0 saturated carbocycles. The van der Waals surface area contributed by atoms with Gasteiger partial charge in [-0.2, -0.15) is 5.10 Å². The summed E-state index contributed by atoms with van der Waals surface area (Å²) in [4.78, 5) is 36.4. The van der Waals surface area contributed by atoms with Crippen molar-refractivity contribution in [1.82, 2.24) is 30.4 Å². The molecule has 34 heavy (non-hydrogen) atoms. The SMILES string of the molecule is Cc1nc(C[C@@H]2CCCN(C(=O)C(C)(C)NC(=O)OC(C)(C)C)C2)cc(Nc2cc(C)[nH]n2)n1. The van der Waals surface area contributed by atoms with Gasteiger partial charge < -0.3 is 20.3 Å². The lowest BCUT2D eigenvalue weighted by molar-refractivity contribution is -0.139. The molecule has 1 aliphatic rings. The summed E-state index contributed by atoms with van der Waals surface area (Å²) in [6, 6.07) is 3.85. The molecule has 10 nitrogen and oxygen atoms in total. The Labute approximate surface area is 201 Å². The molecule has 0 spiro atoms. The Morgan fingerprint density at radius 3 is 2.53 bits per heavy atom. The Morgan fingerprint density at radius 2 is 1.88 bits per heavy atom. The molecule has 0 aromatic carbocycles. The van der Waals surface area contributed by atoms with Crippen LogP contribution in [0.15, 0.2) is 12.1 Å². The molecule has 0 unspecified atom stereocenters. The molecular formula is C24H37N7O3. The van der Waals surface area contributed by atoms with Crippen LogP contribution in [0.3, 0.4) is 0 Å². The second-order valence-corrected chi connectivity index (χ2v) is 10.6.